The number of para-hydroxylation sites is 1. The maximum Gasteiger partial charge on any atom is 0.416 e. The lowest BCUT2D eigenvalue weighted by atomic mass is 9.98. The van der Waals surface area contributed by atoms with E-state index in [0.717, 1.165) is 24.8 Å². The van der Waals surface area contributed by atoms with E-state index in [1.54, 1.807) is 24.3 Å². The summed E-state index contributed by atoms with van der Waals surface area (Å²) in [5.41, 5.74) is 2.45. The molecule has 0 bridgehead atoms. The van der Waals surface area contributed by atoms with Crippen LogP contribution in [-0.2, 0) is 17.4 Å². The Labute approximate surface area is 219 Å². The van der Waals surface area contributed by atoms with Crippen LogP contribution in [0.15, 0.2) is 72.8 Å². The number of benzene rings is 3. The Morgan fingerprint density at radius 1 is 0.895 bits per heavy atom. The number of amides is 2. The summed E-state index contributed by atoms with van der Waals surface area (Å²) >= 11 is 0. The predicted molar refractivity (Wildman–Crippen MR) is 141 cm³/mol. The highest BCUT2D eigenvalue weighted by molar-refractivity contribution is 6.05. The van der Waals surface area contributed by atoms with Crippen LogP contribution in [0.1, 0.15) is 34.3 Å². The van der Waals surface area contributed by atoms with Gasteiger partial charge < -0.3 is 20.4 Å². The van der Waals surface area contributed by atoms with Crippen LogP contribution in [-0.4, -0.2) is 48.9 Å². The smallest absolute Gasteiger partial charge is 0.372 e. The van der Waals surface area contributed by atoms with Crippen LogP contribution in [0.2, 0.25) is 0 Å². The molecule has 0 spiro atoms. The highest BCUT2D eigenvalue weighted by atomic mass is 19.4. The van der Waals surface area contributed by atoms with E-state index in [4.69, 9.17) is 0 Å². The van der Waals surface area contributed by atoms with Crippen LogP contribution in [0.4, 0.5) is 30.2 Å². The topological polar surface area (TPSA) is 64.7 Å². The van der Waals surface area contributed by atoms with Crippen LogP contribution in [0.25, 0.3) is 0 Å². The maximum atomic E-state index is 13.2. The summed E-state index contributed by atoms with van der Waals surface area (Å²) in [7, 11) is 0. The van der Waals surface area contributed by atoms with Crippen molar-refractivity contribution in [3.8, 4) is 0 Å². The third kappa shape index (κ3) is 5.61. The molecule has 1 atom stereocenters. The fourth-order valence-corrected chi connectivity index (χ4v) is 5.08. The monoisotopic (exact) mass is 522 g/mol. The summed E-state index contributed by atoms with van der Waals surface area (Å²) in [6.45, 7) is 2.70. The van der Waals surface area contributed by atoms with Crippen LogP contribution in [0.3, 0.4) is 0 Å². The van der Waals surface area contributed by atoms with Crippen molar-refractivity contribution >= 4 is 28.9 Å². The maximum absolute atomic E-state index is 13.2. The lowest BCUT2D eigenvalue weighted by Gasteiger charge is -2.36. The standard InChI is InChI=1S/C29H29F3N4O2/c30-29(31,32)23-11-5-4-7-20(23)8-6-12-25-27(37)34-26-19-21(13-14-24(26)33-25)28(38)36-17-15-35(16-18-36)22-9-2-1-3-10-22/h1-5,7,9-11,13-14,19,25,33H,6,8,12,15-18H2,(H,34,37). The molecule has 2 N–H and O–H groups in total. The molecule has 1 saturated heterocycles. The van der Waals surface area contributed by atoms with Crippen molar-refractivity contribution in [1.82, 2.24) is 4.90 Å². The summed E-state index contributed by atoms with van der Waals surface area (Å²) in [5.74, 6) is -0.345. The van der Waals surface area contributed by atoms with E-state index in [-0.39, 0.29) is 23.8 Å². The Balaban J connectivity index is 1.17. The van der Waals surface area contributed by atoms with Gasteiger partial charge in [-0.05, 0) is 61.2 Å². The Morgan fingerprint density at radius 2 is 1.61 bits per heavy atom. The van der Waals surface area contributed by atoms with E-state index in [1.165, 1.54) is 12.1 Å². The summed E-state index contributed by atoms with van der Waals surface area (Å²) < 4.78 is 39.7. The van der Waals surface area contributed by atoms with Gasteiger partial charge in [0.25, 0.3) is 5.91 Å². The average molecular weight is 523 g/mol. The van der Waals surface area contributed by atoms with Gasteiger partial charge in [-0.25, -0.2) is 0 Å². The van der Waals surface area contributed by atoms with Gasteiger partial charge in [-0.15, -0.1) is 0 Å². The van der Waals surface area contributed by atoms with Gasteiger partial charge in [-0.3, -0.25) is 9.59 Å². The molecule has 2 amide bonds. The van der Waals surface area contributed by atoms with E-state index in [2.05, 4.69) is 27.7 Å². The van der Waals surface area contributed by atoms with Crippen molar-refractivity contribution in [2.24, 2.45) is 0 Å². The molecule has 6 nitrogen and oxygen atoms in total. The number of piperazine rings is 1. The van der Waals surface area contributed by atoms with E-state index < -0.39 is 17.8 Å². The fraction of sp³-hybridized carbons (Fsp3) is 0.310. The van der Waals surface area contributed by atoms with E-state index in [1.807, 2.05) is 23.1 Å². The molecule has 0 radical (unpaired) electrons. The second kappa shape index (κ2) is 10.8. The van der Waals surface area contributed by atoms with Gasteiger partial charge in [0.05, 0.1) is 16.9 Å². The molecule has 0 aliphatic carbocycles. The largest absolute Gasteiger partial charge is 0.416 e. The molecule has 3 aromatic carbocycles. The molecule has 3 aromatic rings. The second-order valence-corrected chi connectivity index (χ2v) is 9.61. The van der Waals surface area contributed by atoms with Gasteiger partial charge in [-0.2, -0.15) is 13.2 Å². The fourth-order valence-electron chi connectivity index (χ4n) is 5.08. The van der Waals surface area contributed by atoms with Crippen molar-refractivity contribution in [3.05, 3.63) is 89.5 Å². The first-order chi connectivity index (χ1) is 18.3. The van der Waals surface area contributed by atoms with Crippen LogP contribution < -0.4 is 15.5 Å². The van der Waals surface area contributed by atoms with Gasteiger partial charge in [0.1, 0.15) is 6.04 Å². The number of nitrogens with zero attached hydrogens (tertiary/aromatic N) is 2. The number of carbonyl (C=O) groups is 2. The number of carbonyl (C=O) groups excluding carboxylic acids is 2. The number of hydrogen-bond donors (Lipinski definition) is 2. The molecule has 38 heavy (non-hydrogen) atoms. The molecular weight excluding hydrogens is 493 g/mol. The molecule has 0 saturated carbocycles. The average Bonchev–Trinajstić information content (AvgIpc) is 2.93. The Kier molecular flexibility index (Phi) is 7.26. The number of aryl methyl sites for hydroxylation is 1. The number of fused-ring (bicyclic) bond motifs is 1. The van der Waals surface area contributed by atoms with Crippen molar-refractivity contribution in [2.45, 2.75) is 31.5 Å². The van der Waals surface area contributed by atoms with Crippen molar-refractivity contribution in [2.75, 3.05) is 41.7 Å². The Hall–Kier alpha value is -4.01. The molecular formula is C29H29F3N4O2. The van der Waals surface area contributed by atoms with Gasteiger partial charge in [0.15, 0.2) is 0 Å². The second-order valence-electron chi connectivity index (χ2n) is 9.61. The molecule has 1 fully saturated rings. The first-order valence-electron chi connectivity index (χ1n) is 12.8. The number of halogens is 3. The van der Waals surface area contributed by atoms with Gasteiger partial charge >= 0.3 is 6.18 Å². The van der Waals surface area contributed by atoms with Gasteiger partial charge in [0, 0.05) is 37.4 Å². The lowest BCUT2D eigenvalue weighted by Crippen LogP contribution is -2.48. The van der Waals surface area contributed by atoms with Crippen LogP contribution in [0, 0.1) is 0 Å². The molecule has 1 unspecified atom stereocenters. The zero-order valence-corrected chi connectivity index (χ0v) is 20.8. The number of hydrogen-bond acceptors (Lipinski definition) is 4. The highest BCUT2D eigenvalue weighted by Crippen LogP contribution is 2.33. The van der Waals surface area contributed by atoms with Crippen molar-refractivity contribution in [1.29, 1.82) is 0 Å². The van der Waals surface area contributed by atoms with Gasteiger partial charge in [-0.1, -0.05) is 36.4 Å². The molecule has 9 heteroatoms. The normalized spacial score (nSPS) is 17.4. The Bertz CT molecular complexity index is 1300. The molecule has 5 rings (SSSR count). The minimum absolute atomic E-state index is 0.0831. The number of rotatable bonds is 6. The lowest BCUT2D eigenvalue weighted by molar-refractivity contribution is -0.138. The minimum Gasteiger partial charge on any atom is -0.372 e. The summed E-state index contributed by atoms with van der Waals surface area (Å²) in [6.07, 6.45) is -3.39. The predicted octanol–water partition coefficient (Wildman–Crippen LogP) is 5.42. The number of anilines is 3. The molecule has 2 heterocycles. The Morgan fingerprint density at radius 3 is 2.34 bits per heavy atom. The number of alkyl halides is 3. The third-order valence-corrected chi connectivity index (χ3v) is 7.12. The highest BCUT2D eigenvalue weighted by Gasteiger charge is 2.33. The van der Waals surface area contributed by atoms with E-state index in [0.29, 0.717) is 42.9 Å². The van der Waals surface area contributed by atoms with E-state index in [9.17, 15) is 22.8 Å². The first kappa shape index (κ1) is 25.6. The summed E-state index contributed by atoms with van der Waals surface area (Å²) in [6, 6.07) is 20.3. The van der Waals surface area contributed by atoms with Gasteiger partial charge in [0.2, 0.25) is 5.91 Å². The molecule has 0 aromatic heterocycles. The zero-order valence-electron chi connectivity index (χ0n) is 20.8. The van der Waals surface area contributed by atoms with Crippen LogP contribution in [0.5, 0.6) is 0 Å². The van der Waals surface area contributed by atoms with E-state index >= 15 is 0 Å². The van der Waals surface area contributed by atoms with Crippen molar-refractivity contribution in [3.63, 3.8) is 0 Å². The molecule has 2 aliphatic rings. The molecule has 2 aliphatic heterocycles. The van der Waals surface area contributed by atoms with Crippen LogP contribution >= 0.6 is 0 Å². The third-order valence-electron chi connectivity index (χ3n) is 7.12. The number of nitrogens with one attached hydrogen (secondary N) is 2. The summed E-state index contributed by atoms with van der Waals surface area (Å²) in [5, 5.41) is 6.04. The summed E-state index contributed by atoms with van der Waals surface area (Å²) in [4.78, 5) is 29.9. The SMILES string of the molecule is O=C1Nc2cc(C(=O)N3CCN(c4ccccc4)CC3)ccc2NC1CCCc1ccccc1C(F)(F)F. The first-order valence-corrected chi connectivity index (χ1v) is 12.8. The molecule has 198 valence electrons. The quantitative estimate of drug-likeness (QED) is 0.454. The zero-order chi connectivity index (χ0) is 26.7. The minimum atomic E-state index is -4.40. The van der Waals surface area contributed by atoms with Crippen molar-refractivity contribution < 1.29 is 22.8 Å².